The first-order valence-corrected chi connectivity index (χ1v) is 11.6. The Hall–Kier alpha value is -3.63. The van der Waals surface area contributed by atoms with Gasteiger partial charge in [0.25, 0.3) is 0 Å². The van der Waals surface area contributed by atoms with Crippen molar-refractivity contribution in [3.05, 3.63) is 70.1 Å². The molecule has 0 radical (unpaired) electrons. The molecule has 2 aromatic carbocycles. The Morgan fingerprint density at radius 1 is 0.944 bits per heavy atom. The molecule has 192 valence electrons. The number of azide groups is 1. The van der Waals surface area contributed by atoms with E-state index < -0.39 is 18.1 Å². The lowest BCUT2D eigenvalue weighted by Crippen LogP contribution is -2.45. The van der Waals surface area contributed by atoms with Gasteiger partial charge in [0.15, 0.2) is 6.04 Å². The SMILES string of the molecule is COC(=O)[C@H](COCCOCCOCCN=[N+]=[N-])NC(=O)OCC1c2ccccc2-c2ccccc21. The molecule has 11 nitrogen and oxygen atoms in total. The summed E-state index contributed by atoms with van der Waals surface area (Å²) in [5.41, 5.74) is 12.6. The van der Waals surface area contributed by atoms with Crippen LogP contribution in [0.5, 0.6) is 0 Å². The molecule has 1 aliphatic carbocycles. The minimum atomic E-state index is -1.02. The highest BCUT2D eigenvalue weighted by Gasteiger charge is 2.30. The lowest BCUT2D eigenvalue weighted by Gasteiger charge is -2.18. The number of methoxy groups -OCH3 is 1. The highest BCUT2D eigenvalue weighted by Crippen LogP contribution is 2.44. The number of carbonyl (C=O) groups is 2. The average Bonchev–Trinajstić information content (AvgIpc) is 3.23. The van der Waals surface area contributed by atoms with Crippen LogP contribution < -0.4 is 5.32 Å². The Kier molecular flexibility index (Phi) is 11.0. The highest BCUT2D eigenvalue weighted by molar-refractivity contribution is 5.82. The van der Waals surface area contributed by atoms with Crippen LogP contribution in [0.15, 0.2) is 53.6 Å². The second-order valence-corrected chi connectivity index (χ2v) is 7.80. The number of nitrogens with one attached hydrogen (secondary N) is 1. The van der Waals surface area contributed by atoms with Crippen molar-refractivity contribution in [3.8, 4) is 11.1 Å². The van der Waals surface area contributed by atoms with E-state index in [1.165, 1.54) is 7.11 Å². The number of rotatable bonds is 15. The lowest BCUT2D eigenvalue weighted by atomic mass is 9.98. The standard InChI is InChI=1S/C25H30N4O7/c1-32-24(30)23(17-35-15-14-34-13-12-33-11-10-27-29-26)28-25(31)36-16-22-20-8-4-2-6-18(20)19-7-3-5-9-21(19)22/h2-9,22-23H,10-17H2,1H3,(H,28,31)/t23-/m0/s1. The van der Waals surface area contributed by atoms with E-state index >= 15 is 0 Å². The third kappa shape index (κ3) is 7.69. The molecule has 1 atom stereocenters. The first-order chi connectivity index (χ1) is 17.7. The second-order valence-electron chi connectivity index (χ2n) is 7.80. The summed E-state index contributed by atoms with van der Waals surface area (Å²) >= 11 is 0. The number of benzene rings is 2. The smallest absolute Gasteiger partial charge is 0.407 e. The van der Waals surface area contributed by atoms with Gasteiger partial charge in [-0.3, -0.25) is 0 Å². The minimum Gasteiger partial charge on any atom is -0.467 e. The molecule has 0 unspecified atom stereocenters. The Morgan fingerprint density at radius 3 is 2.14 bits per heavy atom. The first kappa shape index (κ1) is 27.0. The molecule has 1 aliphatic rings. The summed E-state index contributed by atoms with van der Waals surface area (Å²) in [6.07, 6.45) is -0.731. The van der Waals surface area contributed by atoms with Gasteiger partial charge in [-0.25, -0.2) is 9.59 Å². The fourth-order valence-electron chi connectivity index (χ4n) is 3.88. The number of esters is 1. The summed E-state index contributed by atoms with van der Waals surface area (Å²) in [5.74, 6) is -0.728. The van der Waals surface area contributed by atoms with Gasteiger partial charge >= 0.3 is 12.1 Å². The van der Waals surface area contributed by atoms with Crippen LogP contribution in [0, 0.1) is 0 Å². The van der Waals surface area contributed by atoms with Crippen LogP contribution in [0.4, 0.5) is 4.79 Å². The number of carbonyl (C=O) groups excluding carboxylic acids is 2. The maximum Gasteiger partial charge on any atom is 0.407 e. The number of hydrogen-bond donors (Lipinski definition) is 1. The first-order valence-electron chi connectivity index (χ1n) is 11.6. The summed E-state index contributed by atoms with van der Waals surface area (Å²) in [6, 6.07) is 15.1. The Balaban J connectivity index is 1.40. The normalized spacial score (nSPS) is 12.7. The molecule has 1 N–H and O–H groups in total. The van der Waals surface area contributed by atoms with Crippen molar-refractivity contribution in [1.82, 2.24) is 5.32 Å². The molecule has 11 heteroatoms. The summed E-state index contributed by atoms with van der Waals surface area (Å²) in [7, 11) is 1.24. The van der Waals surface area contributed by atoms with Crippen molar-refractivity contribution in [2.75, 3.05) is 59.9 Å². The van der Waals surface area contributed by atoms with Gasteiger partial charge in [-0.05, 0) is 27.8 Å². The monoisotopic (exact) mass is 498 g/mol. The second kappa shape index (κ2) is 14.7. The molecular formula is C25H30N4O7. The molecular weight excluding hydrogens is 468 g/mol. The number of nitrogens with zero attached hydrogens (tertiary/aromatic N) is 3. The van der Waals surface area contributed by atoms with E-state index in [1.807, 2.05) is 36.4 Å². The van der Waals surface area contributed by atoms with Crippen LogP contribution >= 0.6 is 0 Å². The van der Waals surface area contributed by atoms with Crippen LogP contribution in [-0.2, 0) is 28.5 Å². The fraction of sp³-hybridized carbons (Fsp3) is 0.440. The molecule has 0 heterocycles. The van der Waals surface area contributed by atoms with Crippen LogP contribution in [-0.4, -0.2) is 78.0 Å². The number of amides is 1. The van der Waals surface area contributed by atoms with Gasteiger partial charge in [-0.2, -0.15) is 0 Å². The maximum absolute atomic E-state index is 12.5. The van der Waals surface area contributed by atoms with E-state index in [-0.39, 0.29) is 38.9 Å². The zero-order valence-corrected chi connectivity index (χ0v) is 20.1. The minimum absolute atomic E-state index is 0.0869. The van der Waals surface area contributed by atoms with Gasteiger partial charge in [0, 0.05) is 17.4 Å². The molecule has 0 spiro atoms. The molecule has 0 aliphatic heterocycles. The predicted molar refractivity (Wildman–Crippen MR) is 130 cm³/mol. The molecule has 36 heavy (non-hydrogen) atoms. The predicted octanol–water partition coefficient (Wildman–Crippen LogP) is 3.43. The fourth-order valence-corrected chi connectivity index (χ4v) is 3.88. The van der Waals surface area contributed by atoms with Crippen molar-refractivity contribution < 1.29 is 33.3 Å². The largest absolute Gasteiger partial charge is 0.467 e. The Labute approximate surface area is 209 Å². The van der Waals surface area contributed by atoms with Gasteiger partial charge in [-0.1, -0.05) is 53.6 Å². The van der Waals surface area contributed by atoms with Gasteiger partial charge in [0.1, 0.15) is 6.61 Å². The van der Waals surface area contributed by atoms with Crippen molar-refractivity contribution in [2.45, 2.75) is 12.0 Å². The lowest BCUT2D eigenvalue weighted by molar-refractivity contribution is -0.144. The van der Waals surface area contributed by atoms with Gasteiger partial charge in [0.05, 0.1) is 46.8 Å². The zero-order chi connectivity index (χ0) is 25.6. The van der Waals surface area contributed by atoms with Gasteiger partial charge in [0.2, 0.25) is 0 Å². The van der Waals surface area contributed by atoms with Crippen LogP contribution in [0.3, 0.4) is 0 Å². The van der Waals surface area contributed by atoms with E-state index in [0.29, 0.717) is 19.8 Å². The molecule has 0 fully saturated rings. The van der Waals surface area contributed by atoms with E-state index in [0.717, 1.165) is 22.3 Å². The van der Waals surface area contributed by atoms with Crippen molar-refractivity contribution >= 4 is 12.1 Å². The van der Waals surface area contributed by atoms with E-state index in [2.05, 4.69) is 27.5 Å². The van der Waals surface area contributed by atoms with Crippen LogP contribution in [0.25, 0.3) is 21.6 Å². The number of ether oxygens (including phenoxy) is 5. The molecule has 3 rings (SSSR count). The number of hydrogen-bond acceptors (Lipinski definition) is 8. The van der Waals surface area contributed by atoms with Crippen LogP contribution in [0.1, 0.15) is 17.0 Å². The maximum atomic E-state index is 12.5. The quantitative estimate of drug-likeness (QED) is 0.130. The zero-order valence-electron chi connectivity index (χ0n) is 20.1. The summed E-state index contributed by atoms with van der Waals surface area (Å²) in [5, 5.41) is 5.88. The third-order valence-electron chi connectivity index (χ3n) is 5.55. The third-order valence-corrected chi connectivity index (χ3v) is 5.55. The molecule has 0 bridgehead atoms. The average molecular weight is 499 g/mol. The number of fused-ring (bicyclic) bond motifs is 3. The number of alkyl carbamates (subject to hydrolysis) is 1. The van der Waals surface area contributed by atoms with Gasteiger partial charge in [-0.15, -0.1) is 0 Å². The Morgan fingerprint density at radius 2 is 1.53 bits per heavy atom. The molecule has 0 saturated carbocycles. The molecule has 1 amide bonds. The van der Waals surface area contributed by atoms with Crippen molar-refractivity contribution in [3.63, 3.8) is 0 Å². The van der Waals surface area contributed by atoms with Crippen molar-refractivity contribution in [1.29, 1.82) is 0 Å². The summed E-state index contributed by atoms with van der Waals surface area (Å²) < 4.78 is 26.3. The summed E-state index contributed by atoms with van der Waals surface area (Å²) in [6.45, 7) is 1.82. The van der Waals surface area contributed by atoms with E-state index in [4.69, 9.17) is 29.2 Å². The molecule has 2 aromatic rings. The summed E-state index contributed by atoms with van der Waals surface area (Å²) in [4.78, 5) is 27.2. The van der Waals surface area contributed by atoms with E-state index in [1.54, 1.807) is 0 Å². The molecule has 0 aromatic heterocycles. The van der Waals surface area contributed by atoms with Crippen LogP contribution in [0.2, 0.25) is 0 Å². The van der Waals surface area contributed by atoms with Gasteiger partial charge < -0.3 is 29.0 Å². The molecule has 0 saturated heterocycles. The highest BCUT2D eigenvalue weighted by atomic mass is 16.6. The topological polar surface area (TPSA) is 141 Å². The van der Waals surface area contributed by atoms with E-state index in [9.17, 15) is 9.59 Å². The van der Waals surface area contributed by atoms with Crippen molar-refractivity contribution in [2.24, 2.45) is 5.11 Å². The Bertz CT molecular complexity index is 1010.